The van der Waals surface area contributed by atoms with Gasteiger partial charge in [-0.15, -0.1) is 0 Å². The number of hydrogen-bond donors (Lipinski definition) is 0. The Hall–Kier alpha value is -7.20. The van der Waals surface area contributed by atoms with Crippen LogP contribution in [0.25, 0.3) is 66.1 Å². The molecule has 0 aliphatic carbocycles. The van der Waals surface area contributed by atoms with Crippen molar-refractivity contribution in [3.05, 3.63) is 230 Å². The Balaban J connectivity index is 1.09. The minimum Gasteiger partial charge on any atom is -0.309 e. The van der Waals surface area contributed by atoms with Crippen molar-refractivity contribution in [3.8, 4) is 22.5 Å². The Kier molecular flexibility index (Phi) is 8.09. The number of para-hydroxylation sites is 2. The summed E-state index contributed by atoms with van der Waals surface area (Å²) in [5, 5.41) is 10.6. The van der Waals surface area contributed by atoms with Crippen molar-refractivity contribution in [2.45, 2.75) is 6.92 Å². The molecule has 0 unspecified atom stereocenters. The van der Waals surface area contributed by atoms with Crippen molar-refractivity contribution in [2.24, 2.45) is 0 Å². The first-order chi connectivity index (χ1) is 28.7. The van der Waals surface area contributed by atoms with E-state index in [4.69, 9.17) is 0 Å². The molecule has 9 aromatic carbocycles. The van der Waals surface area contributed by atoms with Crippen LogP contribution in [-0.2, 0) is 0 Å². The number of fused-ring (bicyclic) bond motifs is 6. The standard InChI is InChI=1S/C55H40N2Si/c1-39-31-33-54-50(35-39)48-27-11-13-29-52(48)56(54)42-19-15-17-40(36-42)41-18-16-20-43(37-41)57-53-30-14-12-28-49(53)51-38-47(32-34-55(51)57)58(44-21-5-2-6-22-44,45-23-7-3-8-24-45)46-25-9-4-10-26-46/h2-38H,1H3. The van der Waals surface area contributed by atoms with Gasteiger partial charge in [0.2, 0.25) is 0 Å². The van der Waals surface area contributed by atoms with Crippen molar-refractivity contribution in [1.29, 1.82) is 0 Å². The van der Waals surface area contributed by atoms with Crippen LogP contribution in [0, 0.1) is 6.92 Å². The zero-order chi connectivity index (χ0) is 38.6. The van der Waals surface area contributed by atoms with Gasteiger partial charge in [-0.2, -0.15) is 0 Å². The normalized spacial score (nSPS) is 11.9. The van der Waals surface area contributed by atoms with Crippen molar-refractivity contribution in [2.75, 3.05) is 0 Å². The third-order valence-electron chi connectivity index (χ3n) is 12.1. The summed E-state index contributed by atoms with van der Waals surface area (Å²) in [6.07, 6.45) is 0. The third kappa shape index (κ3) is 5.32. The summed E-state index contributed by atoms with van der Waals surface area (Å²) in [6.45, 7) is 2.17. The monoisotopic (exact) mass is 756 g/mol. The number of hydrogen-bond acceptors (Lipinski definition) is 0. The summed E-state index contributed by atoms with van der Waals surface area (Å²) in [7, 11) is -2.70. The van der Waals surface area contributed by atoms with Crippen molar-refractivity contribution >= 4 is 72.4 Å². The molecule has 0 bridgehead atoms. The van der Waals surface area contributed by atoms with E-state index in [0.717, 1.165) is 11.4 Å². The van der Waals surface area contributed by atoms with E-state index >= 15 is 0 Å². The van der Waals surface area contributed by atoms with E-state index in [1.54, 1.807) is 0 Å². The lowest BCUT2D eigenvalue weighted by molar-refractivity contribution is 1.17. The number of benzene rings is 9. The summed E-state index contributed by atoms with van der Waals surface area (Å²) in [5.74, 6) is 0. The maximum absolute atomic E-state index is 2.70. The topological polar surface area (TPSA) is 9.86 Å². The lowest BCUT2D eigenvalue weighted by atomic mass is 10.0. The van der Waals surface area contributed by atoms with E-state index in [9.17, 15) is 0 Å². The van der Waals surface area contributed by atoms with E-state index in [2.05, 4.69) is 241 Å². The van der Waals surface area contributed by atoms with Crippen LogP contribution in [-0.4, -0.2) is 17.2 Å². The van der Waals surface area contributed by atoms with Gasteiger partial charge in [-0.3, -0.25) is 0 Å². The van der Waals surface area contributed by atoms with Crippen LogP contribution in [0.1, 0.15) is 5.56 Å². The van der Waals surface area contributed by atoms with Crippen LogP contribution in [0.5, 0.6) is 0 Å². The molecule has 0 aliphatic rings. The molecule has 0 saturated heterocycles. The predicted octanol–water partition coefficient (Wildman–Crippen LogP) is 11.2. The number of nitrogens with zero attached hydrogens (tertiary/aromatic N) is 2. The summed E-state index contributed by atoms with van der Waals surface area (Å²) in [4.78, 5) is 0. The second-order valence-corrected chi connectivity index (χ2v) is 19.2. The molecular weight excluding hydrogens is 717 g/mol. The molecule has 2 heterocycles. The molecular formula is C55H40N2Si. The molecule has 0 aliphatic heterocycles. The zero-order valence-electron chi connectivity index (χ0n) is 32.3. The van der Waals surface area contributed by atoms with Crippen LogP contribution in [0.3, 0.4) is 0 Å². The molecule has 0 radical (unpaired) electrons. The minimum atomic E-state index is -2.70. The van der Waals surface area contributed by atoms with Gasteiger partial charge >= 0.3 is 0 Å². The Morgan fingerprint density at radius 2 is 0.707 bits per heavy atom. The zero-order valence-corrected chi connectivity index (χ0v) is 33.3. The lowest BCUT2D eigenvalue weighted by Crippen LogP contribution is -2.74. The smallest absolute Gasteiger partial charge is 0.179 e. The lowest BCUT2D eigenvalue weighted by Gasteiger charge is -2.34. The number of aryl methyl sites for hydroxylation is 1. The first kappa shape index (κ1) is 34.1. The molecule has 0 saturated carbocycles. The third-order valence-corrected chi connectivity index (χ3v) is 16.9. The Bertz CT molecular complexity index is 3190. The molecule has 0 fully saturated rings. The second-order valence-electron chi connectivity index (χ2n) is 15.4. The van der Waals surface area contributed by atoms with Gasteiger partial charge < -0.3 is 9.13 Å². The molecule has 2 nitrogen and oxygen atoms in total. The molecule has 2 aromatic heterocycles. The number of rotatable bonds is 7. The first-order valence-electron chi connectivity index (χ1n) is 20.1. The van der Waals surface area contributed by atoms with E-state index < -0.39 is 8.07 Å². The Morgan fingerprint density at radius 3 is 1.21 bits per heavy atom. The van der Waals surface area contributed by atoms with Gasteiger partial charge in [-0.1, -0.05) is 175 Å². The number of aromatic nitrogens is 2. The predicted molar refractivity (Wildman–Crippen MR) is 249 cm³/mol. The maximum atomic E-state index is 2.51. The van der Waals surface area contributed by atoms with Crippen LogP contribution in [0.4, 0.5) is 0 Å². The van der Waals surface area contributed by atoms with Gasteiger partial charge in [0, 0.05) is 32.9 Å². The fraction of sp³-hybridized carbons (Fsp3) is 0.0182. The molecule has 11 aromatic rings. The summed E-state index contributed by atoms with van der Waals surface area (Å²) >= 11 is 0. The van der Waals surface area contributed by atoms with Gasteiger partial charge in [-0.05, 0) is 93.4 Å². The minimum absolute atomic E-state index is 1.15. The van der Waals surface area contributed by atoms with E-state index in [-0.39, 0.29) is 0 Å². The fourth-order valence-electron chi connectivity index (χ4n) is 9.56. The van der Waals surface area contributed by atoms with Crippen LogP contribution in [0.2, 0.25) is 0 Å². The molecule has 0 N–H and O–H groups in total. The molecule has 58 heavy (non-hydrogen) atoms. The SMILES string of the molecule is Cc1ccc2c(c1)c1ccccc1n2-c1cccc(-c2cccc(-n3c4ccccc4c4cc([Si](c5ccccc5)(c5ccccc5)c5ccccc5)ccc43)c2)c1. The average Bonchev–Trinajstić information content (AvgIpc) is 3.80. The molecule has 274 valence electrons. The Morgan fingerprint density at radius 1 is 0.293 bits per heavy atom. The maximum Gasteiger partial charge on any atom is 0.179 e. The van der Waals surface area contributed by atoms with Gasteiger partial charge in [0.1, 0.15) is 0 Å². The highest BCUT2D eigenvalue weighted by molar-refractivity contribution is 7.20. The van der Waals surface area contributed by atoms with Crippen LogP contribution >= 0.6 is 0 Å². The first-order valence-corrected chi connectivity index (χ1v) is 22.1. The molecule has 3 heteroatoms. The highest BCUT2D eigenvalue weighted by atomic mass is 28.3. The molecule has 0 amide bonds. The highest BCUT2D eigenvalue weighted by Gasteiger charge is 2.41. The van der Waals surface area contributed by atoms with Crippen molar-refractivity contribution in [1.82, 2.24) is 9.13 Å². The molecule has 11 rings (SSSR count). The van der Waals surface area contributed by atoms with Crippen molar-refractivity contribution in [3.63, 3.8) is 0 Å². The summed E-state index contributed by atoms with van der Waals surface area (Å²) in [6, 6.07) is 83.3. The van der Waals surface area contributed by atoms with E-state index in [0.29, 0.717) is 0 Å². The second kappa shape index (κ2) is 13.8. The van der Waals surface area contributed by atoms with Crippen molar-refractivity contribution < 1.29 is 0 Å². The van der Waals surface area contributed by atoms with Crippen LogP contribution < -0.4 is 20.7 Å². The highest BCUT2D eigenvalue weighted by Crippen LogP contribution is 2.36. The quantitative estimate of drug-likeness (QED) is 0.113. The van der Waals surface area contributed by atoms with Gasteiger partial charge in [-0.25, -0.2) is 0 Å². The molecule has 0 spiro atoms. The summed E-state index contributed by atoms with van der Waals surface area (Å²) < 4.78 is 4.86. The molecule has 0 atom stereocenters. The average molecular weight is 757 g/mol. The van der Waals surface area contributed by atoms with Gasteiger partial charge in [0.15, 0.2) is 8.07 Å². The Labute approximate surface area is 339 Å². The van der Waals surface area contributed by atoms with E-state index in [1.807, 2.05) is 0 Å². The van der Waals surface area contributed by atoms with E-state index in [1.165, 1.54) is 81.0 Å². The summed E-state index contributed by atoms with van der Waals surface area (Å²) in [5.41, 5.74) is 10.8. The van der Waals surface area contributed by atoms with Gasteiger partial charge in [0.25, 0.3) is 0 Å². The fourth-order valence-corrected chi connectivity index (χ4v) is 14.3. The van der Waals surface area contributed by atoms with Crippen LogP contribution in [0.15, 0.2) is 224 Å². The van der Waals surface area contributed by atoms with Gasteiger partial charge in [0.05, 0.1) is 22.1 Å². The largest absolute Gasteiger partial charge is 0.309 e.